The Bertz CT molecular complexity index is 1180. The lowest BCUT2D eigenvalue weighted by atomic mass is 10.2. The van der Waals surface area contributed by atoms with Gasteiger partial charge in [0, 0.05) is 42.6 Å². The van der Waals surface area contributed by atoms with Crippen LogP contribution in [0.1, 0.15) is 24.3 Å². The first-order valence-corrected chi connectivity index (χ1v) is 10.7. The lowest BCUT2D eigenvalue weighted by Gasteiger charge is -2.13. The fourth-order valence-electron chi connectivity index (χ4n) is 3.29. The minimum Gasteiger partial charge on any atom is -0.493 e. The zero-order chi connectivity index (χ0) is 22.9. The second-order valence-corrected chi connectivity index (χ2v) is 7.40. The lowest BCUT2D eigenvalue weighted by Crippen LogP contribution is -2.11. The number of carbonyl (C=O) groups is 1. The third kappa shape index (κ3) is 6.20. The van der Waals surface area contributed by atoms with Crippen LogP contribution >= 0.6 is 0 Å². The van der Waals surface area contributed by atoms with Gasteiger partial charge in [0.05, 0.1) is 13.3 Å². The van der Waals surface area contributed by atoms with Crippen LogP contribution in [0.4, 0.5) is 5.69 Å². The lowest BCUT2D eigenvalue weighted by molar-refractivity contribution is -0.116. The number of oxazole rings is 1. The van der Waals surface area contributed by atoms with Gasteiger partial charge in [-0.15, -0.1) is 0 Å². The molecule has 0 saturated carbocycles. The number of aromatic nitrogens is 2. The quantitative estimate of drug-likeness (QED) is 0.359. The van der Waals surface area contributed by atoms with Crippen molar-refractivity contribution in [2.24, 2.45) is 0 Å². The van der Waals surface area contributed by atoms with Crippen molar-refractivity contribution in [3.05, 3.63) is 90.7 Å². The van der Waals surface area contributed by atoms with Crippen LogP contribution in [0.3, 0.4) is 0 Å². The van der Waals surface area contributed by atoms with Gasteiger partial charge in [-0.1, -0.05) is 30.3 Å². The Balaban J connectivity index is 1.29. The average Bonchev–Trinajstić information content (AvgIpc) is 3.33. The minimum atomic E-state index is -0.0879. The fraction of sp³-hybridized carbons (Fsp3) is 0.192. The zero-order valence-corrected chi connectivity index (χ0v) is 18.4. The molecule has 1 amide bonds. The Morgan fingerprint density at radius 3 is 2.64 bits per heavy atom. The number of methoxy groups -OCH3 is 1. The topological polar surface area (TPSA) is 86.5 Å². The molecule has 0 saturated heterocycles. The Labute approximate surface area is 192 Å². The number of carbonyl (C=O) groups excluding carboxylic acids is 1. The third-order valence-electron chi connectivity index (χ3n) is 5.00. The van der Waals surface area contributed by atoms with Gasteiger partial charge in [-0.05, 0) is 36.2 Å². The molecular weight excluding hydrogens is 418 g/mol. The number of amides is 1. The van der Waals surface area contributed by atoms with E-state index in [9.17, 15) is 4.79 Å². The molecule has 0 aliphatic rings. The Hall–Kier alpha value is -4.13. The average molecular weight is 444 g/mol. The van der Waals surface area contributed by atoms with Gasteiger partial charge in [-0.25, -0.2) is 4.98 Å². The third-order valence-corrected chi connectivity index (χ3v) is 5.00. The molecule has 0 atom stereocenters. The number of ether oxygens (including phenoxy) is 2. The van der Waals surface area contributed by atoms with Gasteiger partial charge in [0.2, 0.25) is 5.91 Å². The maximum atomic E-state index is 12.4. The van der Waals surface area contributed by atoms with Crippen molar-refractivity contribution in [3.8, 4) is 22.8 Å². The van der Waals surface area contributed by atoms with Crippen LogP contribution < -0.4 is 14.8 Å². The van der Waals surface area contributed by atoms with Crippen LogP contribution in [-0.2, 0) is 17.8 Å². The molecule has 7 heteroatoms. The molecule has 0 unspecified atom stereocenters. The van der Waals surface area contributed by atoms with E-state index in [1.165, 1.54) is 0 Å². The maximum Gasteiger partial charge on any atom is 0.224 e. The molecule has 4 rings (SSSR count). The molecule has 168 valence electrons. The highest BCUT2D eigenvalue weighted by molar-refractivity contribution is 5.91. The summed E-state index contributed by atoms with van der Waals surface area (Å²) in [6.45, 7) is 0.372. The smallest absolute Gasteiger partial charge is 0.224 e. The summed E-state index contributed by atoms with van der Waals surface area (Å²) >= 11 is 0. The monoisotopic (exact) mass is 443 g/mol. The molecule has 1 N–H and O–H groups in total. The summed E-state index contributed by atoms with van der Waals surface area (Å²) in [5.74, 6) is 2.42. The molecule has 0 aliphatic carbocycles. The standard InChI is InChI=1S/C26H25N3O4/c1-31-22-11-10-21(16-23(22)32-18-19-12-14-27-15-13-19)29-25(30)8-5-9-26-28-17-24(33-26)20-6-3-2-4-7-20/h2-4,6-7,10-17H,5,8-9,18H2,1H3,(H,29,30). The van der Waals surface area contributed by atoms with Crippen molar-refractivity contribution in [2.75, 3.05) is 12.4 Å². The Kier molecular flexibility index (Phi) is 7.33. The first-order chi connectivity index (χ1) is 16.2. The van der Waals surface area contributed by atoms with Gasteiger partial charge < -0.3 is 19.2 Å². The Morgan fingerprint density at radius 1 is 1.03 bits per heavy atom. The number of nitrogens with zero attached hydrogens (tertiary/aromatic N) is 2. The summed E-state index contributed by atoms with van der Waals surface area (Å²) in [5.41, 5.74) is 2.62. The number of pyridine rings is 1. The summed E-state index contributed by atoms with van der Waals surface area (Å²) in [7, 11) is 1.58. The van der Waals surface area contributed by atoms with E-state index in [0.717, 1.165) is 16.9 Å². The van der Waals surface area contributed by atoms with E-state index in [-0.39, 0.29) is 5.91 Å². The zero-order valence-electron chi connectivity index (χ0n) is 18.4. The number of rotatable bonds is 10. The first kappa shape index (κ1) is 22.1. The minimum absolute atomic E-state index is 0.0879. The van der Waals surface area contributed by atoms with Crippen LogP contribution in [-0.4, -0.2) is 23.0 Å². The fourth-order valence-corrected chi connectivity index (χ4v) is 3.29. The van der Waals surface area contributed by atoms with E-state index < -0.39 is 0 Å². The summed E-state index contributed by atoms with van der Waals surface area (Å²) in [5, 5.41) is 2.91. The highest BCUT2D eigenvalue weighted by Crippen LogP contribution is 2.31. The number of anilines is 1. The highest BCUT2D eigenvalue weighted by Gasteiger charge is 2.11. The molecule has 2 aromatic heterocycles. The second-order valence-electron chi connectivity index (χ2n) is 7.40. The van der Waals surface area contributed by atoms with Crippen molar-refractivity contribution in [2.45, 2.75) is 25.9 Å². The Morgan fingerprint density at radius 2 is 1.85 bits per heavy atom. The van der Waals surface area contributed by atoms with Gasteiger partial charge in [-0.2, -0.15) is 0 Å². The van der Waals surface area contributed by atoms with E-state index in [4.69, 9.17) is 13.9 Å². The van der Waals surface area contributed by atoms with Gasteiger partial charge in [0.15, 0.2) is 23.1 Å². The van der Waals surface area contributed by atoms with Gasteiger partial charge in [-0.3, -0.25) is 9.78 Å². The maximum absolute atomic E-state index is 12.4. The number of hydrogen-bond donors (Lipinski definition) is 1. The molecular formula is C26H25N3O4. The molecule has 0 spiro atoms. The van der Waals surface area contributed by atoms with Crippen molar-refractivity contribution in [3.63, 3.8) is 0 Å². The van der Waals surface area contributed by atoms with Crippen molar-refractivity contribution in [1.29, 1.82) is 0 Å². The number of nitrogens with one attached hydrogen (secondary N) is 1. The van der Waals surface area contributed by atoms with Crippen LogP contribution in [0.2, 0.25) is 0 Å². The first-order valence-electron chi connectivity index (χ1n) is 10.7. The van der Waals surface area contributed by atoms with E-state index >= 15 is 0 Å². The predicted molar refractivity (Wildman–Crippen MR) is 125 cm³/mol. The van der Waals surface area contributed by atoms with E-state index in [2.05, 4.69) is 15.3 Å². The SMILES string of the molecule is COc1ccc(NC(=O)CCCc2ncc(-c3ccccc3)o2)cc1OCc1ccncc1. The van der Waals surface area contributed by atoms with Gasteiger partial charge >= 0.3 is 0 Å². The predicted octanol–water partition coefficient (Wildman–Crippen LogP) is 5.29. The van der Waals surface area contributed by atoms with Gasteiger partial charge in [0.25, 0.3) is 0 Å². The molecule has 2 heterocycles. The van der Waals surface area contributed by atoms with E-state index in [1.54, 1.807) is 43.9 Å². The molecule has 0 fully saturated rings. The number of benzene rings is 2. The number of aryl methyl sites for hydroxylation is 1. The molecule has 0 aliphatic heterocycles. The van der Waals surface area contributed by atoms with Crippen LogP contribution in [0.15, 0.2) is 83.7 Å². The van der Waals surface area contributed by atoms with Crippen LogP contribution in [0.5, 0.6) is 11.5 Å². The van der Waals surface area contributed by atoms with Crippen LogP contribution in [0, 0.1) is 0 Å². The molecule has 0 bridgehead atoms. The molecule has 7 nitrogen and oxygen atoms in total. The van der Waals surface area contributed by atoms with Crippen molar-refractivity contribution in [1.82, 2.24) is 9.97 Å². The molecule has 2 aromatic carbocycles. The number of hydrogen-bond acceptors (Lipinski definition) is 6. The van der Waals surface area contributed by atoms with Crippen molar-refractivity contribution < 1.29 is 18.7 Å². The molecule has 0 radical (unpaired) electrons. The summed E-state index contributed by atoms with van der Waals surface area (Å²) in [6, 6.07) is 18.9. The largest absolute Gasteiger partial charge is 0.493 e. The summed E-state index contributed by atoms with van der Waals surface area (Å²) in [6.07, 6.45) is 6.71. The normalized spacial score (nSPS) is 10.6. The van der Waals surface area contributed by atoms with E-state index in [0.29, 0.717) is 48.9 Å². The van der Waals surface area contributed by atoms with Crippen LogP contribution in [0.25, 0.3) is 11.3 Å². The second kappa shape index (κ2) is 10.9. The van der Waals surface area contributed by atoms with E-state index in [1.807, 2.05) is 42.5 Å². The molecule has 4 aromatic rings. The van der Waals surface area contributed by atoms with Gasteiger partial charge in [0.1, 0.15) is 6.61 Å². The summed E-state index contributed by atoms with van der Waals surface area (Å²) in [4.78, 5) is 20.8. The van der Waals surface area contributed by atoms with Crippen molar-refractivity contribution >= 4 is 11.6 Å². The summed E-state index contributed by atoms with van der Waals surface area (Å²) < 4.78 is 17.1. The highest BCUT2D eigenvalue weighted by atomic mass is 16.5. The molecule has 33 heavy (non-hydrogen) atoms.